The highest BCUT2D eigenvalue weighted by molar-refractivity contribution is 5.40. The van der Waals surface area contributed by atoms with Crippen LogP contribution in [0.3, 0.4) is 0 Å². The third kappa shape index (κ3) is 4.75. The van der Waals surface area contributed by atoms with Gasteiger partial charge in [0.2, 0.25) is 0 Å². The summed E-state index contributed by atoms with van der Waals surface area (Å²) in [7, 11) is 1.95. The fraction of sp³-hybridized carbons (Fsp3) is 0.625. The summed E-state index contributed by atoms with van der Waals surface area (Å²) < 4.78 is 11.6. The van der Waals surface area contributed by atoms with Crippen LogP contribution in [0.15, 0.2) is 18.2 Å². The average molecular weight is 263 g/mol. The molecule has 1 fully saturated rings. The molecule has 106 valence electrons. The van der Waals surface area contributed by atoms with Crippen LogP contribution in [-0.4, -0.2) is 20.3 Å². The van der Waals surface area contributed by atoms with E-state index in [9.17, 15) is 0 Å². The molecular weight excluding hydrogens is 238 g/mol. The topological polar surface area (TPSA) is 30.5 Å². The summed E-state index contributed by atoms with van der Waals surface area (Å²) in [4.78, 5) is 0. The van der Waals surface area contributed by atoms with Crippen molar-refractivity contribution in [3.05, 3.63) is 23.8 Å². The first-order valence-electron chi connectivity index (χ1n) is 7.36. The Labute approximate surface area is 116 Å². The van der Waals surface area contributed by atoms with Crippen LogP contribution >= 0.6 is 0 Å². The summed E-state index contributed by atoms with van der Waals surface area (Å²) in [5, 5.41) is 3.18. The van der Waals surface area contributed by atoms with E-state index < -0.39 is 0 Å². The smallest absolute Gasteiger partial charge is 0.127 e. The third-order valence-corrected chi connectivity index (χ3v) is 3.36. The van der Waals surface area contributed by atoms with Gasteiger partial charge in [0.1, 0.15) is 11.5 Å². The predicted octanol–water partition coefficient (Wildman–Crippen LogP) is 3.37. The zero-order valence-electron chi connectivity index (χ0n) is 12.1. The molecule has 0 aromatic heterocycles. The van der Waals surface area contributed by atoms with Crippen LogP contribution < -0.4 is 14.8 Å². The van der Waals surface area contributed by atoms with Crippen molar-refractivity contribution in [2.45, 2.75) is 39.2 Å². The second-order valence-electron chi connectivity index (χ2n) is 5.23. The molecule has 1 aromatic carbocycles. The van der Waals surface area contributed by atoms with Crippen LogP contribution in [0.25, 0.3) is 0 Å². The van der Waals surface area contributed by atoms with Crippen LogP contribution in [0.5, 0.6) is 11.5 Å². The minimum absolute atomic E-state index is 0.757. The second-order valence-corrected chi connectivity index (χ2v) is 5.23. The molecule has 3 heteroatoms. The molecule has 0 bridgehead atoms. The van der Waals surface area contributed by atoms with Gasteiger partial charge in [-0.25, -0.2) is 0 Å². The van der Waals surface area contributed by atoms with Gasteiger partial charge in [0.25, 0.3) is 0 Å². The fourth-order valence-corrected chi connectivity index (χ4v) is 2.06. The highest BCUT2D eigenvalue weighted by Crippen LogP contribution is 2.33. The Kier molecular flexibility index (Phi) is 5.52. The summed E-state index contributed by atoms with van der Waals surface area (Å²) in [6.07, 6.45) is 4.97. The lowest BCUT2D eigenvalue weighted by molar-refractivity contribution is 0.290. The van der Waals surface area contributed by atoms with Crippen LogP contribution in [0.1, 0.15) is 38.2 Å². The number of hydrogen-bond acceptors (Lipinski definition) is 3. The van der Waals surface area contributed by atoms with Gasteiger partial charge in [0, 0.05) is 18.2 Å². The summed E-state index contributed by atoms with van der Waals surface area (Å²) in [6, 6.07) is 6.14. The summed E-state index contributed by atoms with van der Waals surface area (Å²) >= 11 is 0. The van der Waals surface area contributed by atoms with E-state index in [0.29, 0.717) is 0 Å². The standard InChI is InChI=1S/C16H25NO2/c1-3-9-18-15-7-6-14(12-17-2)16(11-15)19-10-8-13-4-5-13/h6-7,11,13,17H,3-5,8-10,12H2,1-2H3. The Morgan fingerprint density at radius 3 is 2.74 bits per heavy atom. The summed E-state index contributed by atoms with van der Waals surface area (Å²) in [6.45, 7) is 4.51. The molecule has 0 atom stereocenters. The van der Waals surface area contributed by atoms with E-state index in [1.807, 2.05) is 19.2 Å². The molecule has 0 aliphatic heterocycles. The predicted molar refractivity (Wildman–Crippen MR) is 77.8 cm³/mol. The first kappa shape index (κ1) is 14.2. The Morgan fingerprint density at radius 2 is 2.05 bits per heavy atom. The number of benzene rings is 1. The van der Waals surface area contributed by atoms with E-state index in [4.69, 9.17) is 9.47 Å². The van der Waals surface area contributed by atoms with E-state index in [-0.39, 0.29) is 0 Å². The van der Waals surface area contributed by atoms with Gasteiger partial charge in [-0.1, -0.05) is 25.8 Å². The zero-order chi connectivity index (χ0) is 13.5. The van der Waals surface area contributed by atoms with Gasteiger partial charge in [-0.05, 0) is 31.9 Å². The molecule has 0 radical (unpaired) electrons. The van der Waals surface area contributed by atoms with Crippen molar-refractivity contribution in [1.82, 2.24) is 5.32 Å². The molecule has 0 heterocycles. The first-order valence-corrected chi connectivity index (χ1v) is 7.36. The molecule has 2 rings (SSSR count). The van der Waals surface area contributed by atoms with E-state index in [2.05, 4.69) is 18.3 Å². The first-order chi connectivity index (χ1) is 9.33. The van der Waals surface area contributed by atoms with Crippen molar-refractivity contribution >= 4 is 0 Å². The lowest BCUT2D eigenvalue weighted by atomic mass is 10.2. The van der Waals surface area contributed by atoms with Crippen molar-refractivity contribution in [2.24, 2.45) is 5.92 Å². The molecule has 1 N–H and O–H groups in total. The Morgan fingerprint density at radius 1 is 1.21 bits per heavy atom. The molecule has 0 saturated heterocycles. The highest BCUT2D eigenvalue weighted by atomic mass is 16.5. The molecule has 0 spiro atoms. The van der Waals surface area contributed by atoms with Gasteiger partial charge in [0.15, 0.2) is 0 Å². The number of rotatable bonds is 9. The number of ether oxygens (including phenoxy) is 2. The maximum absolute atomic E-state index is 5.94. The van der Waals surface area contributed by atoms with Crippen molar-refractivity contribution < 1.29 is 9.47 Å². The second kappa shape index (κ2) is 7.39. The normalized spacial score (nSPS) is 14.4. The SMILES string of the molecule is CCCOc1ccc(CNC)c(OCCC2CC2)c1. The van der Waals surface area contributed by atoms with Gasteiger partial charge in [0.05, 0.1) is 13.2 Å². The quantitative estimate of drug-likeness (QED) is 0.741. The lowest BCUT2D eigenvalue weighted by Crippen LogP contribution is -2.09. The van der Waals surface area contributed by atoms with Gasteiger partial charge >= 0.3 is 0 Å². The minimum atomic E-state index is 0.757. The van der Waals surface area contributed by atoms with Crippen molar-refractivity contribution in [3.8, 4) is 11.5 Å². The molecule has 1 saturated carbocycles. The van der Waals surface area contributed by atoms with Crippen LogP contribution in [-0.2, 0) is 6.54 Å². The molecule has 1 aliphatic rings. The zero-order valence-corrected chi connectivity index (χ0v) is 12.1. The van der Waals surface area contributed by atoms with Crippen LogP contribution in [0.4, 0.5) is 0 Å². The molecular formula is C16H25NO2. The average Bonchev–Trinajstić information content (AvgIpc) is 3.23. The minimum Gasteiger partial charge on any atom is -0.493 e. The number of hydrogen-bond donors (Lipinski definition) is 1. The van der Waals surface area contributed by atoms with E-state index in [0.717, 1.165) is 43.6 Å². The van der Waals surface area contributed by atoms with Gasteiger partial charge in [-0.15, -0.1) is 0 Å². The molecule has 1 aliphatic carbocycles. The van der Waals surface area contributed by atoms with E-state index in [1.165, 1.54) is 24.8 Å². The molecule has 19 heavy (non-hydrogen) atoms. The van der Waals surface area contributed by atoms with Crippen molar-refractivity contribution in [2.75, 3.05) is 20.3 Å². The summed E-state index contributed by atoms with van der Waals surface area (Å²) in [5.74, 6) is 2.78. The maximum atomic E-state index is 5.94. The fourth-order valence-electron chi connectivity index (χ4n) is 2.06. The highest BCUT2D eigenvalue weighted by Gasteiger charge is 2.20. The Balaban J connectivity index is 1.96. The van der Waals surface area contributed by atoms with Gasteiger partial charge in [-0.2, -0.15) is 0 Å². The van der Waals surface area contributed by atoms with Gasteiger partial charge in [-0.3, -0.25) is 0 Å². The largest absolute Gasteiger partial charge is 0.493 e. The Bertz CT molecular complexity index is 388. The summed E-state index contributed by atoms with van der Waals surface area (Å²) in [5.41, 5.74) is 1.20. The Hall–Kier alpha value is -1.22. The molecule has 3 nitrogen and oxygen atoms in total. The monoisotopic (exact) mass is 263 g/mol. The number of nitrogens with one attached hydrogen (secondary N) is 1. The molecule has 0 amide bonds. The maximum Gasteiger partial charge on any atom is 0.127 e. The molecule has 0 unspecified atom stereocenters. The third-order valence-electron chi connectivity index (χ3n) is 3.36. The van der Waals surface area contributed by atoms with Crippen LogP contribution in [0.2, 0.25) is 0 Å². The lowest BCUT2D eigenvalue weighted by Gasteiger charge is -2.13. The van der Waals surface area contributed by atoms with Crippen molar-refractivity contribution in [1.29, 1.82) is 0 Å². The van der Waals surface area contributed by atoms with Gasteiger partial charge < -0.3 is 14.8 Å². The van der Waals surface area contributed by atoms with Crippen LogP contribution in [0, 0.1) is 5.92 Å². The van der Waals surface area contributed by atoms with E-state index >= 15 is 0 Å². The van der Waals surface area contributed by atoms with E-state index in [1.54, 1.807) is 0 Å². The van der Waals surface area contributed by atoms with Crippen molar-refractivity contribution in [3.63, 3.8) is 0 Å². The molecule has 1 aromatic rings.